The Balaban J connectivity index is 2.37. The van der Waals surface area contributed by atoms with Crippen molar-refractivity contribution in [1.82, 2.24) is 0 Å². The van der Waals surface area contributed by atoms with E-state index in [1.54, 1.807) is 0 Å². The Bertz CT molecular complexity index is 551. The third-order valence-electron chi connectivity index (χ3n) is 4.16. The van der Waals surface area contributed by atoms with Crippen LogP contribution in [0, 0.1) is 0 Å². The molecule has 0 fully saturated rings. The summed E-state index contributed by atoms with van der Waals surface area (Å²) in [4.78, 5) is 0. The zero-order chi connectivity index (χ0) is 16.7. The van der Waals surface area contributed by atoms with Gasteiger partial charge in [0.1, 0.15) is 0 Å². The Kier molecular flexibility index (Phi) is 7.81. The summed E-state index contributed by atoms with van der Waals surface area (Å²) in [6.45, 7) is 9.30. The molecule has 0 aliphatic rings. The van der Waals surface area contributed by atoms with Crippen molar-refractivity contribution < 1.29 is 4.74 Å². The molecule has 23 heavy (non-hydrogen) atoms. The Morgan fingerprint density at radius 2 is 0.957 bits per heavy atom. The monoisotopic (exact) mass is 434 g/mol. The fourth-order valence-corrected chi connectivity index (χ4v) is 10.7. The van der Waals surface area contributed by atoms with Crippen molar-refractivity contribution >= 4 is 38.0 Å². The molecule has 0 unspecified atom stereocenters. The standard InChI is InChI=1S/C20H28As2O/c1-5-21(6-2)17-13-9-11-15-19(17)23-20-16-12-10-14-18(20)22(7-3)8-4/h9-16H,5-8H2,1-4H3. The van der Waals surface area contributed by atoms with Crippen LogP contribution in [-0.4, -0.2) is 29.3 Å². The van der Waals surface area contributed by atoms with Crippen molar-refractivity contribution in [3.8, 4) is 11.5 Å². The maximum atomic E-state index is 6.48. The van der Waals surface area contributed by atoms with Crippen LogP contribution in [0.2, 0.25) is 20.8 Å². The van der Waals surface area contributed by atoms with Gasteiger partial charge in [0.15, 0.2) is 0 Å². The van der Waals surface area contributed by atoms with Crippen molar-refractivity contribution in [1.29, 1.82) is 0 Å². The average molecular weight is 434 g/mol. The molecule has 124 valence electrons. The van der Waals surface area contributed by atoms with E-state index in [9.17, 15) is 0 Å². The number of hydrogen-bond donors (Lipinski definition) is 0. The molecule has 0 spiro atoms. The topological polar surface area (TPSA) is 9.23 Å². The third kappa shape index (κ3) is 4.68. The van der Waals surface area contributed by atoms with Crippen molar-refractivity contribution in [2.24, 2.45) is 0 Å². The Labute approximate surface area is 151 Å². The predicted molar refractivity (Wildman–Crippen MR) is 106 cm³/mol. The minimum absolute atomic E-state index is 0.973. The van der Waals surface area contributed by atoms with E-state index in [4.69, 9.17) is 4.74 Å². The molecule has 0 N–H and O–H groups in total. The number of benzene rings is 2. The molecule has 1 nitrogen and oxygen atoms in total. The zero-order valence-corrected chi connectivity index (χ0v) is 18.5. The normalized spacial score (nSPS) is 11.2. The molecule has 2 rings (SSSR count). The molecule has 0 saturated carbocycles. The molecule has 0 aromatic heterocycles. The van der Waals surface area contributed by atoms with E-state index in [1.807, 2.05) is 0 Å². The van der Waals surface area contributed by atoms with Crippen molar-refractivity contribution in [2.45, 2.75) is 48.5 Å². The van der Waals surface area contributed by atoms with E-state index in [1.165, 1.54) is 29.5 Å². The maximum absolute atomic E-state index is 6.48. The summed E-state index contributed by atoms with van der Waals surface area (Å²) in [6.07, 6.45) is 0. The van der Waals surface area contributed by atoms with E-state index >= 15 is 0 Å². The molecule has 0 aliphatic heterocycles. The first-order valence-corrected chi connectivity index (χ1v) is 15.8. The van der Waals surface area contributed by atoms with Crippen molar-refractivity contribution in [3.63, 3.8) is 0 Å². The Morgan fingerprint density at radius 1 is 0.609 bits per heavy atom. The number of para-hydroxylation sites is 2. The summed E-state index contributed by atoms with van der Waals surface area (Å²) in [5, 5.41) is 5.20. The first-order chi connectivity index (χ1) is 11.2. The van der Waals surface area contributed by atoms with Gasteiger partial charge in [-0.3, -0.25) is 0 Å². The Morgan fingerprint density at radius 3 is 1.30 bits per heavy atom. The average Bonchev–Trinajstić information content (AvgIpc) is 2.60. The molecule has 2 aromatic rings. The van der Waals surface area contributed by atoms with E-state index < -0.39 is 29.3 Å². The molecular formula is C20H28As2O. The van der Waals surface area contributed by atoms with Gasteiger partial charge in [0, 0.05) is 0 Å². The SMILES string of the molecule is CC[As](CC)c1ccccc1Oc1ccccc1[As](CC)CC. The van der Waals surface area contributed by atoms with Crippen LogP contribution >= 0.6 is 0 Å². The van der Waals surface area contributed by atoms with E-state index in [0.717, 1.165) is 11.5 Å². The molecule has 0 aliphatic carbocycles. The van der Waals surface area contributed by atoms with Crippen LogP contribution in [0.1, 0.15) is 27.7 Å². The van der Waals surface area contributed by atoms with Crippen LogP contribution < -0.4 is 13.4 Å². The van der Waals surface area contributed by atoms with E-state index in [2.05, 4.69) is 76.2 Å². The Hall–Kier alpha value is -0.643. The van der Waals surface area contributed by atoms with Gasteiger partial charge in [-0.2, -0.15) is 0 Å². The molecule has 2 aromatic carbocycles. The zero-order valence-electron chi connectivity index (χ0n) is 14.7. The number of rotatable bonds is 8. The number of ether oxygens (including phenoxy) is 1. The molecule has 0 bridgehead atoms. The van der Waals surface area contributed by atoms with Crippen LogP contribution in [0.15, 0.2) is 48.5 Å². The fourth-order valence-electron chi connectivity index (χ4n) is 2.86. The molecule has 3 heteroatoms. The third-order valence-corrected chi connectivity index (χ3v) is 15.0. The number of hydrogen-bond acceptors (Lipinski definition) is 1. The summed E-state index contributed by atoms with van der Waals surface area (Å²) >= 11 is -1.95. The van der Waals surface area contributed by atoms with Crippen molar-refractivity contribution in [2.75, 3.05) is 0 Å². The quantitative estimate of drug-likeness (QED) is 0.534. The second-order valence-electron chi connectivity index (χ2n) is 5.38. The van der Waals surface area contributed by atoms with Crippen molar-refractivity contribution in [3.05, 3.63) is 48.5 Å². The second-order valence-corrected chi connectivity index (χ2v) is 17.2. The molecule has 0 atom stereocenters. The van der Waals surface area contributed by atoms with Crippen LogP contribution in [0.4, 0.5) is 0 Å². The van der Waals surface area contributed by atoms with Crippen LogP contribution in [0.5, 0.6) is 11.5 Å². The molecule has 0 radical (unpaired) electrons. The van der Waals surface area contributed by atoms with Gasteiger partial charge in [0.2, 0.25) is 0 Å². The van der Waals surface area contributed by atoms with Crippen LogP contribution in [0.25, 0.3) is 0 Å². The predicted octanol–water partition coefficient (Wildman–Crippen LogP) is 4.96. The van der Waals surface area contributed by atoms with Gasteiger partial charge in [0.25, 0.3) is 0 Å². The second kappa shape index (κ2) is 9.60. The summed E-state index contributed by atoms with van der Waals surface area (Å²) in [5.41, 5.74) is 0. The first-order valence-electron chi connectivity index (χ1n) is 8.60. The van der Waals surface area contributed by atoms with Gasteiger partial charge in [-0.05, 0) is 0 Å². The van der Waals surface area contributed by atoms with Crippen LogP contribution in [-0.2, 0) is 0 Å². The minimum atomic E-state index is -0.973. The summed E-state index contributed by atoms with van der Waals surface area (Å²) in [5.74, 6) is 2.20. The summed E-state index contributed by atoms with van der Waals surface area (Å²) < 4.78 is 9.47. The summed E-state index contributed by atoms with van der Waals surface area (Å²) in [7, 11) is 0. The van der Waals surface area contributed by atoms with Gasteiger partial charge in [0.05, 0.1) is 0 Å². The van der Waals surface area contributed by atoms with Crippen LogP contribution in [0.3, 0.4) is 0 Å². The van der Waals surface area contributed by atoms with E-state index in [-0.39, 0.29) is 0 Å². The molecular weight excluding hydrogens is 406 g/mol. The van der Waals surface area contributed by atoms with Gasteiger partial charge >= 0.3 is 151 Å². The molecule has 0 amide bonds. The van der Waals surface area contributed by atoms with Gasteiger partial charge in [-0.25, -0.2) is 0 Å². The molecule has 0 heterocycles. The first kappa shape index (κ1) is 18.7. The van der Waals surface area contributed by atoms with E-state index in [0.29, 0.717) is 0 Å². The summed E-state index contributed by atoms with van der Waals surface area (Å²) in [6, 6.07) is 17.4. The fraction of sp³-hybridized carbons (Fsp3) is 0.400. The van der Waals surface area contributed by atoms with Gasteiger partial charge < -0.3 is 0 Å². The molecule has 0 saturated heterocycles. The van der Waals surface area contributed by atoms with Gasteiger partial charge in [-0.1, -0.05) is 0 Å². The van der Waals surface area contributed by atoms with Gasteiger partial charge in [-0.15, -0.1) is 0 Å².